The standard InChI is InChI=1S/C27H32O3/c1-19(2)23-16-14-20(3)18-25(23)30-27(29)24(17-15-21-10-6-4-7-11-21)26(28)22-12-8-5-9-13-22/h4-13,15,17,19-20,23-25H,14,16,18H2,1-3H3/b17-15-/t20-,23-,24+,25-/m1/s1. The molecule has 4 atom stereocenters. The second-order valence-electron chi connectivity index (χ2n) is 8.78. The molecule has 0 aromatic heterocycles. The average molecular weight is 405 g/mol. The fourth-order valence-corrected chi connectivity index (χ4v) is 4.30. The fraction of sp³-hybridized carbons (Fsp3) is 0.407. The Bertz CT molecular complexity index is 854. The number of hydrogen-bond donors (Lipinski definition) is 0. The van der Waals surface area contributed by atoms with Crippen molar-refractivity contribution in [2.45, 2.75) is 46.1 Å². The molecule has 0 aliphatic heterocycles. The smallest absolute Gasteiger partial charge is 0.321 e. The van der Waals surface area contributed by atoms with Gasteiger partial charge >= 0.3 is 5.97 Å². The van der Waals surface area contributed by atoms with Gasteiger partial charge in [-0.05, 0) is 36.2 Å². The Labute approximate surface area is 180 Å². The first-order valence-electron chi connectivity index (χ1n) is 11.0. The largest absolute Gasteiger partial charge is 0.461 e. The second kappa shape index (κ2) is 10.4. The summed E-state index contributed by atoms with van der Waals surface area (Å²) < 4.78 is 6.02. The molecule has 1 aliphatic rings. The van der Waals surface area contributed by atoms with Gasteiger partial charge in [-0.25, -0.2) is 0 Å². The van der Waals surface area contributed by atoms with Gasteiger partial charge in [0.2, 0.25) is 0 Å². The molecule has 0 spiro atoms. The summed E-state index contributed by atoms with van der Waals surface area (Å²) in [5.41, 5.74) is 1.47. The Balaban J connectivity index is 1.84. The molecule has 2 aromatic rings. The lowest BCUT2D eigenvalue weighted by Gasteiger charge is -2.37. The molecule has 158 valence electrons. The van der Waals surface area contributed by atoms with Crippen molar-refractivity contribution < 1.29 is 14.3 Å². The van der Waals surface area contributed by atoms with Gasteiger partial charge in [0.05, 0.1) is 0 Å². The Kier molecular flexibility index (Phi) is 7.62. The van der Waals surface area contributed by atoms with E-state index in [1.807, 2.05) is 54.6 Å². The van der Waals surface area contributed by atoms with Crippen LogP contribution >= 0.6 is 0 Å². The molecule has 0 bridgehead atoms. The number of Topliss-reactive ketones (excluding diaryl/α,β-unsaturated/α-hetero) is 1. The van der Waals surface area contributed by atoms with Crippen LogP contribution < -0.4 is 0 Å². The highest BCUT2D eigenvalue weighted by Gasteiger charge is 2.36. The van der Waals surface area contributed by atoms with E-state index >= 15 is 0 Å². The molecule has 1 aliphatic carbocycles. The minimum absolute atomic E-state index is 0.127. The molecule has 3 nitrogen and oxygen atoms in total. The van der Waals surface area contributed by atoms with Crippen LogP contribution in [0, 0.1) is 23.7 Å². The zero-order valence-corrected chi connectivity index (χ0v) is 18.2. The lowest BCUT2D eigenvalue weighted by atomic mass is 9.75. The predicted molar refractivity (Wildman–Crippen MR) is 121 cm³/mol. The molecular weight excluding hydrogens is 372 g/mol. The van der Waals surface area contributed by atoms with Gasteiger partial charge in [0.25, 0.3) is 0 Å². The molecule has 0 radical (unpaired) electrons. The summed E-state index contributed by atoms with van der Waals surface area (Å²) in [6.45, 7) is 6.58. The van der Waals surface area contributed by atoms with Crippen molar-refractivity contribution in [2.24, 2.45) is 23.7 Å². The molecule has 0 saturated heterocycles. The van der Waals surface area contributed by atoms with Crippen molar-refractivity contribution in [1.29, 1.82) is 0 Å². The SMILES string of the molecule is CC(C)[C@H]1CC[C@@H](C)C[C@H]1OC(=O)[C@@H](/C=C\c1ccccc1)C(=O)c1ccccc1. The van der Waals surface area contributed by atoms with Gasteiger partial charge in [0.15, 0.2) is 5.78 Å². The monoisotopic (exact) mass is 404 g/mol. The van der Waals surface area contributed by atoms with Gasteiger partial charge in [-0.1, -0.05) is 100 Å². The van der Waals surface area contributed by atoms with Gasteiger partial charge in [-0.2, -0.15) is 0 Å². The molecule has 0 unspecified atom stereocenters. The minimum atomic E-state index is -0.947. The first kappa shape index (κ1) is 22.0. The summed E-state index contributed by atoms with van der Waals surface area (Å²) in [5.74, 6) is -0.300. The highest BCUT2D eigenvalue weighted by molar-refractivity contribution is 6.10. The van der Waals surface area contributed by atoms with Gasteiger partial charge in [-0.3, -0.25) is 9.59 Å². The van der Waals surface area contributed by atoms with Crippen LogP contribution in [0.15, 0.2) is 66.7 Å². The van der Waals surface area contributed by atoms with Crippen molar-refractivity contribution in [3.63, 3.8) is 0 Å². The third kappa shape index (κ3) is 5.69. The summed E-state index contributed by atoms with van der Waals surface area (Å²) in [6.07, 6.45) is 6.48. The highest BCUT2D eigenvalue weighted by Crippen LogP contribution is 2.36. The topological polar surface area (TPSA) is 43.4 Å². The van der Waals surface area contributed by atoms with E-state index in [0.29, 0.717) is 23.3 Å². The number of ketones is 1. The van der Waals surface area contributed by atoms with Crippen LogP contribution in [0.4, 0.5) is 0 Å². The normalized spacial score (nSPS) is 22.7. The molecule has 0 amide bonds. The summed E-state index contributed by atoms with van der Waals surface area (Å²) in [4.78, 5) is 26.4. The van der Waals surface area contributed by atoms with Crippen LogP contribution in [0.2, 0.25) is 0 Å². The Hall–Kier alpha value is -2.68. The van der Waals surface area contributed by atoms with Gasteiger partial charge in [0.1, 0.15) is 12.0 Å². The molecule has 1 saturated carbocycles. The van der Waals surface area contributed by atoms with E-state index < -0.39 is 11.9 Å². The van der Waals surface area contributed by atoms with Crippen molar-refractivity contribution in [1.82, 2.24) is 0 Å². The molecule has 2 aromatic carbocycles. The van der Waals surface area contributed by atoms with E-state index in [-0.39, 0.29) is 11.9 Å². The predicted octanol–water partition coefficient (Wildman–Crippen LogP) is 6.20. The molecule has 0 heterocycles. The summed E-state index contributed by atoms with van der Waals surface area (Å²) in [5, 5.41) is 0. The summed E-state index contributed by atoms with van der Waals surface area (Å²) in [6, 6.07) is 18.7. The Morgan fingerprint density at radius 2 is 1.60 bits per heavy atom. The average Bonchev–Trinajstić information content (AvgIpc) is 2.75. The lowest BCUT2D eigenvalue weighted by Crippen LogP contribution is -2.38. The maximum atomic E-state index is 13.2. The van der Waals surface area contributed by atoms with Crippen LogP contribution in [0.5, 0.6) is 0 Å². The van der Waals surface area contributed by atoms with Gasteiger partial charge in [-0.15, -0.1) is 0 Å². The third-order valence-corrected chi connectivity index (χ3v) is 6.10. The van der Waals surface area contributed by atoms with Crippen molar-refractivity contribution >= 4 is 17.8 Å². The summed E-state index contributed by atoms with van der Waals surface area (Å²) >= 11 is 0. The molecule has 0 N–H and O–H groups in total. The molecule has 3 rings (SSSR count). The number of benzene rings is 2. The number of hydrogen-bond acceptors (Lipinski definition) is 3. The van der Waals surface area contributed by atoms with Gasteiger partial charge < -0.3 is 4.74 Å². The Morgan fingerprint density at radius 1 is 0.967 bits per heavy atom. The quantitative estimate of drug-likeness (QED) is 0.313. The number of esters is 1. The Morgan fingerprint density at radius 3 is 2.23 bits per heavy atom. The zero-order valence-electron chi connectivity index (χ0n) is 18.2. The van der Waals surface area contributed by atoms with Crippen LogP contribution in [-0.2, 0) is 9.53 Å². The van der Waals surface area contributed by atoms with Crippen LogP contribution in [0.25, 0.3) is 6.08 Å². The van der Waals surface area contributed by atoms with Crippen LogP contribution in [0.1, 0.15) is 56.0 Å². The molecule has 1 fully saturated rings. The maximum Gasteiger partial charge on any atom is 0.321 e. The molecular formula is C27H32O3. The number of ether oxygens (including phenoxy) is 1. The van der Waals surface area contributed by atoms with Gasteiger partial charge in [0, 0.05) is 5.56 Å². The van der Waals surface area contributed by atoms with E-state index in [2.05, 4.69) is 20.8 Å². The van der Waals surface area contributed by atoms with Crippen LogP contribution in [-0.4, -0.2) is 17.9 Å². The zero-order chi connectivity index (χ0) is 21.5. The maximum absolute atomic E-state index is 13.2. The number of rotatable bonds is 7. The first-order chi connectivity index (χ1) is 14.5. The molecule has 3 heteroatoms. The van der Waals surface area contributed by atoms with Crippen LogP contribution in [0.3, 0.4) is 0 Å². The number of carbonyl (C=O) groups is 2. The first-order valence-corrected chi connectivity index (χ1v) is 11.0. The summed E-state index contributed by atoms with van der Waals surface area (Å²) in [7, 11) is 0. The lowest BCUT2D eigenvalue weighted by molar-refractivity contribution is -0.157. The minimum Gasteiger partial charge on any atom is -0.461 e. The third-order valence-electron chi connectivity index (χ3n) is 6.10. The van der Waals surface area contributed by atoms with E-state index in [0.717, 1.165) is 24.8 Å². The van der Waals surface area contributed by atoms with E-state index in [1.54, 1.807) is 18.2 Å². The van der Waals surface area contributed by atoms with Crippen molar-refractivity contribution in [3.05, 3.63) is 77.9 Å². The van der Waals surface area contributed by atoms with E-state index in [1.165, 1.54) is 0 Å². The second-order valence-corrected chi connectivity index (χ2v) is 8.78. The molecule has 30 heavy (non-hydrogen) atoms. The fourth-order valence-electron chi connectivity index (χ4n) is 4.30. The highest BCUT2D eigenvalue weighted by atomic mass is 16.5. The van der Waals surface area contributed by atoms with E-state index in [4.69, 9.17) is 4.74 Å². The van der Waals surface area contributed by atoms with Crippen molar-refractivity contribution in [3.8, 4) is 0 Å². The number of carbonyl (C=O) groups excluding carboxylic acids is 2. The van der Waals surface area contributed by atoms with E-state index in [9.17, 15) is 9.59 Å². The van der Waals surface area contributed by atoms with Crippen molar-refractivity contribution in [2.75, 3.05) is 0 Å².